The van der Waals surface area contributed by atoms with Gasteiger partial charge in [-0.3, -0.25) is 0 Å². The summed E-state index contributed by atoms with van der Waals surface area (Å²) >= 11 is 5.58. The summed E-state index contributed by atoms with van der Waals surface area (Å²) in [4.78, 5) is 2.31. The number of ether oxygens (including phenoxy) is 2. The van der Waals surface area contributed by atoms with Crippen molar-refractivity contribution in [2.75, 3.05) is 40.0 Å². The Balaban J connectivity index is 1.85. The Kier molecular flexibility index (Phi) is 7.47. The Hall–Kier alpha value is -0.650. The van der Waals surface area contributed by atoms with E-state index in [0.717, 1.165) is 37.8 Å². The summed E-state index contributed by atoms with van der Waals surface area (Å²) in [7, 11) is 1.71. The van der Waals surface area contributed by atoms with Crippen LogP contribution in [0.1, 0.15) is 32.1 Å². The molecule has 1 saturated heterocycles. The molecule has 2 rings (SSSR count). The minimum absolute atomic E-state index is 0.339. The number of nitrogens with one attached hydrogen (secondary N) is 1. The van der Waals surface area contributed by atoms with Crippen LogP contribution >= 0.6 is 12.2 Å². The SMILES string of the molecule is COCCNC(=S)N(C[C@H]1CC=CCC1)C[C@H]1CCCO1. The lowest BCUT2D eigenvalue weighted by Gasteiger charge is -2.32. The number of allylic oxidation sites excluding steroid dienone is 2. The van der Waals surface area contributed by atoms with Gasteiger partial charge in [-0.2, -0.15) is 0 Å². The molecule has 0 aromatic heterocycles. The molecular weight excluding hydrogens is 284 g/mol. The zero-order valence-electron chi connectivity index (χ0n) is 13.1. The van der Waals surface area contributed by atoms with E-state index >= 15 is 0 Å². The number of hydrogen-bond acceptors (Lipinski definition) is 3. The first-order chi connectivity index (χ1) is 10.3. The summed E-state index contributed by atoms with van der Waals surface area (Å²) in [5, 5.41) is 4.15. The number of methoxy groups -OCH3 is 1. The molecule has 0 spiro atoms. The van der Waals surface area contributed by atoms with Gasteiger partial charge in [0.2, 0.25) is 0 Å². The number of rotatable bonds is 7. The van der Waals surface area contributed by atoms with Crippen molar-refractivity contribution < 1.29 is 9.47 Å². The minimum Gasteiger partial charge on any atom is -0.383 e. The molecule has 120 valence electrons. The summed E-state index contributed by atoms with van der Waals surface area (Å²) in [5.41, 5.74) is 0. The van der Waals surface area contributed by atoms with Crippen LogP contribution in [0.2, 0.25) is 0 Å². The fourth-order valence-corrected chi connectivity index (χ4v) is 3.23. The highest BCUT2D eigenvalue weighted by atomic mass is 32.1. The summed E-state index contributed by atoms with van der Waals surface area (Å²) in [6.45, 7) is 4.29. The van der Waals surface area contributed by atoms with Crippen LogP contribution in [0.5, 0.6) is 0 Å². The summed E-state index contributed by atoms with van der Waals surface area (Å²) < 4.78 is 10.9. The molecule has 0 bridgehead atoms. The van der Waals surface area contributed by atoms with Crippen molar-refractivity contribution in [3.05, 3.63) is 12.2 Å². The Morgan fingerprint density at radius 2 is 2.29 bits per heavy atom. The molecule has 1 aliphatic carbocycles. The van der Waals surface area contributed by atoms with Crippen molar-refractivity contribution in [3.63, 3.8) is 0 Å². The highest BCUT2D eigenvalue weighted by molar-refractivity contribution is 7.80. The zero-order chi connectivity index (χ0) is 14.9. The van der Waals surface area contributed by atoms with Gasteiger partial charge in [-0.15, -0.1) is 0 Å². The van der Waals surface area contributed by atoms with Crippen LogP contribution in [-0.2, 0) is 9.47 Å². The molecule has 0 aromatic carbocycles. The van der Waals surface area contributed by atoms with E-state index in [9.17, 15) is 0 Å². The van der Waals surface area contributed by atoms with Crippen LogP contribution in [0.4, 0.5) is 0 Å². The highest BCUT2D eigenvalue weighted by Crippen LogP contribution is 2.21. The van der Waals surface area contributed by atoms with Gasteiger partial charge in [0.05, 0.1) is 12.7 Å². The zero-order valence-corrected chi connectivity index (χ0v) is 13.9. The standard InChI is InChI=1S/C16H28N2O2S/c1-19-11-9-17-16(21)18(13-15-8-5-10-20-15)12-14-6-3-2-4-7-14/h2-3,14-15H,4-13H2,1H3,(H,17,21)/t14-,15+/m0/s1. The molecule has 0 unspecified atom stereocenters. The second-order valence-electron chi connectivity index (χ2n) is 5.92. The van der Waals surface area contributed by atoms with E-state index in [1.807, 2.05) is 0 Å². The molecule has 4 nitrogen and oxygen atoms in total. The molecule has 2 aliphatic rings. The van der Waals surface area contributed by atoms with E-state index in [1.165, 1.54) is 25.7 Å². The van der Waals surface area contributed by atoms with Crippen LogP contribution in [0.15, 0.2) is 12.2 Å². The summed E-state index contributed by atoms with van der Waals surface area (Å²) in [6.07, 6.45) is 10.9. The summed E-state index contributed by atoms with van der Waals surface area (Å²) in [5.74, 6) is 0.707. The molecule has 1 aliphatic heterocycles. The van der Waals surface area contributed by atoms with Crippen molar-refractivity contribution in [1.29, 1.82) is 0 Å². The highest BCUT2D eigenvalue weighted by Gasteiger charge is 2.23. The molecule has 5 heteroatoms. The number of hydrogen-bond donors (Lipinski definition) is 1. The van der Waals surface area contributed by atoms with Crippen molar-refractivity contribution in [2.45, 2.75) is 38.2 Å². The van der Waals surface area contributed by atoms with E-state index in [1.54, 1.807) is 7.11 Å². The maximum Gasteiger partial charge on any atom is 0.169 e. The van der Waals surface area contributed by atoms with Crippen molar-refractivity contribution in [2.24, 2.45) is 5.92 Å². The van der Waals surface area contributed by atoms with E-state index in [-0.39, 0.29) is 0 Å². The first-order valence-corrected chi connectivity index (χ1v) is 8.48. The second-order valence-corrected chi connectivity index (χ2v) is 6.30. The molecule has 2 atom stereocenters. The minimum atomic E-state index is 0.339. The number of thiocarbonyl (C=S) groups is 1. The third kappa shape index (κ3) is 5.93. The molecule has 1 fully saturated rings. The fraction of sp³-hybridized carbons (Fsp3) is 0.812. The molecule has 0 amide bonds. The maximum atomic E-state index is 5.78. The monoisotopic (exact) mass is 312 g/mol. The predicted octanol–water partition coefficient (Wildman–Crippen LogP) is 2.34. The molecule has 0 saturated carbocycles. The van der Waals surface area contributed by atoms with Gasteiger partial charge >= 0.3 is 0 Å². The average Bonchev–Trinajstić information content (AvgIpc) is 3.01. The van der Waals surface area contributed by atoms with Gasteiger partial charge in [-0.25, -0.2) is 0 Å². The van der Waals surface area contributed by atoms with Gasteiger partial charge in [0, 0.05) is 33.4 Å². The normalized spacial score (nSPS) is 25.0. The van der Waals surface area contributed by atoms with Crippen LogP contribution in [0.25, 0.3) is 0 Å². The first kappa shape index (κ1) is 16.7. The van der Waals surface area contributed by atoms with Gasteiger partial charge < -0.3 is 19.7 Å². The van der Waals surface area contributed by atoms with Gasteiger partial charge in [0.25, 0.3) is 0 Å². The lowest BCUT2D eigenvalue weighted by atomic mass is 9.94. The van der Waals surface area contributed by atoms with Crippen molar-refractivity contribution in [1.82, 2.24) is 10.2 Å². The van der Waals surface area contributed by atoms with Gasteiger partial charge in [-0.1, -0.05) is 12.2 Å². The first-order valence-electron chi connectivity index (χ1n) is 8.08. The van der Waals surface area contributed by atoms with Crippen LogP contribution in [0.3, 0.4) is 0 Å². The lowest BCUT2D eigenvalue weighted by Crippen LogP contribution is -2.46. The molecule has 0 aromatic rings. The lowest BCUT2D eigenvalue weighted by molar-refractivity contribution is 0.0872. The third-order valence-electron chi connectivity index (χ3n) is 4.17. The van der Waals surface area contributed by atoms with Crippen LogP contribution in [-0.4, -0.2) is 56.1 Å². The quantitative estimate of drug-likeness (QED) is 0.443. The van der Waals surface area contributed by atoms with E-state index in [2.05, 4.69) is 22.4 Å². The molecular formula is C16H28N2O2S. The smallest absolute Gasteiger partial charge is 0.169 e. The van der Waals surface area contributed by atoms with E-state index in [0.29, 0.717) is 18.6 Å². The Bertz CT molecular complexity index is 343. The largest absolute Gasteiger partial charge is 0.383 e. The maximum absolute atomic E-state index is 5.78. The fourth-order valence-electron chi connectivity index (χ4n) is 2.98. The Labute approximate surface area is 133 Å². The summed E-state index contributed by atoms with van der Waals surface area (Å²) in [6, 6.07) is 0. The van der Waals surface area contributed by atoms with Gasteiger partial charge in [-0.05, 0) is 50.2 Å². The third-order valence-corrected chi connectivity index (χ3v) is 4.58. The average molecular weight is 312 g/mol. The van der Waals surface area contributed by atoms with E-state index < -0.39 is 0 Å². The van der Waals surface area contributed by atoms with Gasteiger partial charge in [0.15, 0.2) is 5.11 Å². The Morgan fingerprint density at radius 3 is 2.95 bits per heavy atom. The van der Waals surface area contributed by atoms with Crippen LogP contribution in [0, 0.1) is 5.92 Å². The molecule has 21 heavy (non-hydrogen) atoms. The van der Waals surface area contributed by atoms with Crippen molar-refractivity contribution in [3.8, 4) is 0 Å². The van der Waals surface area contributed by atoms with Crippen molar-refractivity contribution >= 4 is 17.3 Å². The molecule has 0 radical (unpaired) electrons. The predicted molar refractivity (Wildman–Crippen MR) is 89.5 cm³/mol. The Morgan fingerprint density at radius 1 is 1.38 bits per heavy atom. The molecule has 1 heterocycles. The topological polar surface area (TPSA) is 33.7 Å². The second kappa shape index (κ2) is 9.38. The van der Waals surface area contributed by atoms with E-state index in [4.69, 9.17) is 21.7 Å². The van der Waals surface area contributed by atoms with Crippen LogP contribution < -0.4 is 5.32 Å². The number of nitrogens with zero attached hydrogens (tertiary/aromatic N) is 1. The van der Waals surface area contributed by atoms with Gasteiger partial charge in [0.1, 0.15) is 0 Å². The molecule has 1 N–H and O–H groups in total.